The fraction of sp³-hybridized carbons (Fsp3) is 0.913. The lowest BCUT2D eigenvalue weighted by Crippen LogP contribution is -2.63. The summed E-state index contributed by atoms with van der Waals surface area (Å²) in [6.45, 7) is 21.6. The van der Waals surface area contributed by atoms with Crippen molar-refractivity contribution in [2.24, 2.45) is 22.7 Å². The van der Waals surface area contributed by atoms with Crippen LogP contribution in [0.3, 0.4) is 0 Å². The Balaban J connectivity index is 2.35. The molecule has 0 aromatic heterocycles. The van der Waals surface area contributed by atoms with Gasteiger partial charge in [-0.1, -0.05) is 41.5 Å². The summed E-state index contributed by atoms with van der Waals surface area (Å²) < 4.78 is 0. The highest BCUT2D eigenvalue weighted by atomic mass is 16.2. The number of hydrogen-bond donors (Lipinski definition) is 1. The summed E-state index contributed by atoms with van der Waals surface area (Å²) in [6, 6.07) is -0.0132. The van der Waals surface area contributed by atoms with E-state index in [9.17, 15) is 9.59 Å². The molecule has 1 N–H and O–H groups in total. The molecule has 0 aromatic rings. The molecule has 2 aliphatic rings. The molecule has 2 heterocycles. The van der Waals surface area contributed by atoms with Gasteiger partial charge in [-0.05, 0) is 64.2 Å². The van der Waals surface area contributed by atoms with Gasteiger partial charge < -0.3 is 5.32 Å². The van der Waals surface area contributed by atoms with E-state index < -0.39 is 0 Å². The lowest BCUT2D eigenvalue weighted by molar-refractivity contribution is -0.145. The zero-order chi connectivity index (χ0) is 21.0. The van der Waals surface area contributed by atoms with Crippen molar-refractivity contribution in [3.63, 3.8) is 0 Å². The van der Waals surface area contributed by atoms with Gasteiger partial charge in [-0.2, -0.15) is 0 Å². The van der Waals surface area contributed by atoms with Gasteiger partial charge in [0.25, 0.3) is 0 Å². The number of imide groups is 1. The second kappa shape index (κ2) is 6.86. The van der Waals surface area contributed by atoms with Crippen molar-refractivity contribution in [1.29, 1.82) is 0 Å². The Labute approximate surface area is 166 Å². The highest BCUT2D eigenvalue weighted by molar-refractivity contribution is 6.05. The molecule has 0 saturated carbocycles. The standard InChI is InChI=1S/C23H42N2O2/c1-20(2,3)12-11-16-17(21(4,5)6)19(27)25(18(16)26)15-13-22(7,8)24-23(9,10)14-15/h15-17,24H,11-14H2,1-10H3. The molecule has 27 heavy (non-hydrogen) atoms. The number of carbonyl (C=O) groups excluding carboxylic acids is 2. The number of likely N-dealkylation sites (tertiary alicyclic amines) is 1. The van der Waals surface area contributed by atoms with E-state index in [0.29, 0.717) is 0 Å². The molecule has 2 unspecified atom stereocenters. The van der Waals surface area contributed by atoms with Crippen molar-refractivity contribution in [3.05, 3.63) is 0 Å². The summed E-state index contributed by atoms with van der Waals surface area (Å²) in [4.78, 5) is 28.7. The van der Waals surface area contributed by atoms with Crippen LogP contribution in [0.5, 0.6) is 0 Å². The van der Waals surface area contributed by atoms with E-state index >= 15 is 0 Å². The van der Waals surface area contributed by atoms with E-state index in [1.54, 1.807) is 4.90 Å². The molecular formula is C23H42N2O2. The molecule has 2 amide bonds. The van der Waals surface area contributed by atoms with Crippen molar-refractivity contribution in [3.8, 4) is 0 Å². The van der Waals surface area contributed by atoms with Crippen LogP contribution in [0.1, 0.15) is 94.9 Å². The van der Waals surface area contributed by atoms with Crippen LogP contribution in [0.4, 0.5) is 0 Å². The van der Waals surface area contributed by atoms with Crippen molar-refractivity contribution < 1.29 is 9.59 Å². The summed E-state index contributed by atoms with van der Waals surface area (Å²) >= 11 is 0. The van der Waals surface area contributed by atoms with Crippen LogP contribution in [-0.4, -0.2) is 33.8 Å². The quantitative estimate of drug-likeness (QED) is 0.720. The predicted molar refractivity (Wildman–Crippen MR) is 111 cm³/mol. The predicted octanol–water partition coefficient (Wildman–Crippen LogP) is 4.77. The summed E-state index contributed by atoms with van der Waals surface area (Å²) in [5, 5.41) is 3.66. The first-order valence-corrected chi connectivity index (χ1v) is 10.6. The van der Waals surface area contributed by atoms with Crippen molar-refractivity contribution in [2.45, 2.75) is 112 Å². The molecule has 4 heteroatoms. The molecule has 0 bridgehead atoms. The molecule has 2 rings (SSSR count). The lowest BCUT2D eigenvalue weighted by Gasteiger charge is -2.48. The van der Waals surface area contributed by atoms with E-state index in [1.165, 1.54) is 0 Å². The zero-order valence-corrected chi connectivity index (χ0v) is 19.3. The Hall–Kier alpha value is -0.900. The minimum atomic E-state index is -0.214. The number of piperidine rings is 1. The average Bonchev–Trinajstić information content (AvgIpc) is 2.62. The number of carbonyl (C=O) groups is 2. The molecule has 0 spiro atoms. The lowest BCUT2D eigenvalue weighted by atomic mass is 9.71. The zero-order valence-electron chi connectivity index (χ0n) is 19.3. The van der Waals surface area contributed by atoms with Gasteiger partial charge in [0.2, 0.25) is 11.8 Å². The number of nitrogens with one attached hydrogen (secondary N) is 1. The molecular weight excluding hydrogens is 336 g/mol. The number of nitrogens with zero attached hydrogens (tertiary/aromatic N) is 1. The maximum Gasteiger partial charge on any atom is 0.233 e. The van der Waals surface area contributed by atoms with Crippen molar-refractivity contribution in [1.82, 2.24) is 10.2 Å². The van der Waals surface area contributed by atoms with Gasteiger partial charge in [-0.3, -0.25) is 14.5 Å². The van der Waals surface area contributed by atoms with Gasteiger partial charge in [-0.25, -0.2) is 0 Å². The number of hydrogen-bond acceptors (Lipinski definition) is 3. The molecule has 0 radical (unpaired) electrons. The van der Waals surface area contributed by atoms with Crippen LogP contribution in [-0.2, 0) is 9.59 Å². The maximum atomic E-state index is 13.5. The van der Waals surface area contributed by atoms with E-state index in [2.05, 4.69) is 74.6 Å². The first-order chi connectivity index (χ1) is 11.9. The summed E-state index contributed by atoms with van der Waals surface area (Å²) in [5.74, 6) is -0.265. The smallest absolute Gasteiger partial charge is 0.233 e. The third-order valence-corrected chi connectivity index (χ3v) is 6.13. The fourth-order valence-corrected chi connectivity index (χ4v) is 5.42. The molecule has 156 valence electrons. The highest BCUT2D eigenvalue weighted by Crippen LogP contribution is 2.45. The molecule has 2 atom stereocenters. The van der Waals surface area contributed by atoms with E-state index in [-0.39, 0.29) is 51.6 Å². The molecule has 0 aliphatic carbocycles. The Morgan fingerprint density at radius 2 is 1.41 bits per heavy atom. The second-order valence-electron chi connectivity index (χ2n) is 12.6. The second-order valence-corrected chi connectivity index (χ2v) is 12.6. The van der Waals surface area contributed by atoms with Gasteiger partial charge in [-0.15, -0.1) is 0 Å². The van der Waals surface area contributed by atoms with Crippen molar-refractivity contribution >= 4 is 11.8 Å². The number of rotatable bonds is 3. The monoisotopic (exact) mass is 378 g/mol. The summed E-state index contributed by atoms with van der Waals surface area (Å²) in [6.07, 6.45) is 3.39. The van der Waals surface area contributed by atoms with Gasteiger partial charge in [0.1, 0.15) is 0 Å². The highest BCUT2D eigenvalue weighted by Gasteiger charge is 2.55. The minimum Gasteiger partial charge on any atom is -0.307 e. The van der Waals surface area contributed by atoms with Crippen LogP contribution in [0.15, 0.2) is 0 Å². The van der Waals surface area contributed by atoms with E-state index in [0.717, 1.165) is 25.7 Å². The largest absolute Gasteiger partial charge is 0.307 e. The fourth-order valence-electron chi connectivity index (χ4n) is 5.42. The summed E-state index contributed by atoms with van der Waals surface area (Å²) in [7, 11) is 0. The van der Waals surface area contributed by atoms with Crippen LogP contribution in [0, 0.1) is 22.7 Å². The topological polar surface area (TPSA) is 49.4 Å². The van der Waals surface area contributed by atoms with Crippen molar-refractivity contribution in [2.75, 3.05) is 0 Å². The number of amides is 2. The van der Waals surface area contributed by atoms with Crippen LogP contribution >= 0.6 is 0 Å². The molecule has 0 aromatic carbocycles. The van der Waals surface area contributed by atoms with Gasteiger partial charge in [0.05, 0.1) is 11.8 Å². The third-order valence-electron chi connectivity index (χ3n) is 6.13. The first kappa shape index (κ1) is 22.4. The normalized spacial score (nSPS) is 29.5. The van der Waals surface area contributed by atoms with Crippen LogP contribution in [0.25, 0.3) is 0 Å². The van der Waals surface area contributed by atoms with Crippen LogP contribution < -0.4 is 5.32 Å². The molecule has 2 aliphatic heterocycles. The molecule has 2 fully saturated rings. The molecule has 2 saturated heterocycles. The first-order valence-electron chi connectivity index (χ1n) is 10.6. The average molecular weight is 379 g/mol. The Morgan fingerprint density at radius 1 is 0.926 bits per heavy atom. The third kappa shape index (κ3) is 5.13. The Morgan fingerprint density at radius 3 is 1.81 bits per heavy atom. The van der Waals surface area contributed by atoms with Gasteiger partial charge >= 0.3 is 0 Å². The Kier molecular flexibility index (Phi) is 5.69. The van der Waals surface area contributed by atoms with Gasteiger partial charge in [0.15, 0.2) is 0 Å². The van der Waals surface area contributed by atoms with E-state index in [4.69, 9.17) is 0 Å². The molecule has 4 nitrogen and oxygen atoms in total. The minimum absolute atomic E-state index is 0.0132. The maximum absolute atomic E-state index is 13.5. The van der Waals surface area contributed by atoms with Crippen LogP contribution in [0.2, 0.25) is 0 Å². The van der Waals surface area contributed by atoms with E-state index in [1.807, 2.05) is 0 Å². The Bertz CT molecular complexity index is 576. The van der Waals surface area contributed by atoms with Gasteiger partial charge in [0, 0.05) is 17.1 Å². The SMILES string of the molecule is CC(C)(C)CCC1C(=O)N(C2CC(C)(C)NC(C)(C)C2)C(=O)C1C(C)(C)C. The summed E-state index contributed by atoms with van der Waals surface area (Å²) in [5.41, 5.74) is -0.221.